The van der Waals surface area contributed by atoms with E-state index in [9.17, 15) is 9.18 Å². The topological polar surface area (TPSA) is 23.6 Å². The summed E-state index contributed by atoms with van der Waals surface area (Å²) in [6.45, 7) is 1.13. The van der Waals surface area contributed by atoms with Gasteiger partial charge in [0, 0.05) is 11.4 Å². The molecular formula is C24H25FN2OS. The lowest BCUT2D eigenvalue weighted by Crippen LogP contribution is -2.40. The zero-order chi connectivity index (χ0) is 20.2. The van der Waals surface area contributed by atoms with E-state index in [1.54, 1.807) is 23.5 Å². The molecule has 0 spiro atoms. The number of carbonyl (C=O) groups excluding carboxylic acids is 1. The Morgan fingerprint density at radius 3 is 2.52 bits per heavy atom. The number of hydrogen-bond acceptors (Lipinski definition) is 3. The molecule has 3 nitrogen and oxygen atoms in total. The Morgan fingerprint density at radius 1 is 1.10 bits per heavy atom. The summed E-state index contributed by atoms with van der Waals surface area (Å²) in [5.41, 5.74) is 2.06. The summed E-state index contributed by atoms with van der Waals surface area (Å²) >= 11 is 1.72. The largest absolute Gasteiger partial charge is 0.334 e. The van der Waals surface area contributed by atoms with Crippen molar-refractivity contribution < 1.29 is 9.18 Å². The lowest BCUT2D eigenvalue weighted by atomic mass is 9.97. The molecule has 1 amide bonds. The van der Waals surface area contributed by atoms with Crippen LogP contribution in [0.5, 0.6) is 0 Å². The van der Waals surface area contributed by atoms with Crippen LogP contribution in [0.4, 0.5) is 4.39 Å². The minimum atomic E-state index is -0.254. The number of rotatable bonds is 6. The Balaban J connectivity index is 1.55. The van der Waals surface area contributed by atoms with Gasteiger partial charge in [-0.1, -0.05) is 48.5 Å². The highest BCUT2D eigenvalue weighted by molar-refractivity contribution is 7.10. The van der Waals surface area contributed by atoms with Crippen molar-refractivity contribution in [2.24, 2.45) is 0 Å². The second kappa shape index (κ2) is 8.89. The monoisotopic (exact) mass is 408 g/mol. The van der Waals surface area contributed by atoms with Crippen molar-refractivity contribution in [2.75, 3.05) is 20.1 Å². The number of likely N-dealkylation sites (N-methyl/N-ethyl adjacent to an activating group) is 1. The predicted octanol–water partition coefficient (Wildman–Crippen LogP) is 5.27. The Bertz CT molecular complexity index is 927. The molecule has 0 bridgehead atoms. The molecule has 0 saturated carbocycles. The van der Waals surface area contributed by atoms with Gasteiger partial charge in [-0.15, -0.1) is 11.3 Å². The van der Waals surface area contributed by atoms with Gasteiger partial charge in [0.15, 0.2) is 0 Å². The molecule has 150 valence electrons. The third-order valence-electron chi connectivity index (χ3n) is 5.57. The number of amides is 1. The Morgan fingerprint density at radius 2 is 1.83 bits per heavy atom. The molecule has 0 N–H and O–H groups in total. The molecule has 2 atom stereocenters. The molecule has 0 unspecified atom stereocenters. The molecule has 1 aliphatic heterocycles. The smallest absolute Gasteiger partial charge is 0.237 e. The minimum Gasteiger partial charge on any atom is -0.334 e. The van der Waals surface area contributed by atoms with Crippen molar-refractivity contribution in [2.45, 2.75) is 24.9 Å². The lowest BCUT2D eigenvalue weighted by molar-refractivity contribution is -0.133. The van der Waals surface area contributed by atoms with Gasteiger partial charge in [-0.2, -0.15) is 0 Å². The number of likely N-dealkylation sites (tertiary alicyclic amines) is 1. The fraction of sp³-hybridized carbons (Fsp3) is 0.292. The van der Waals surface area contributed by atoms with Crippen LogP contribution in [0.15, 0.2) is 72.1 Å². The van der Waals surface area contributed by atoms with E-state index in [1.807, 2.05) is 36.2 Å². The van der Waals surface area contributed by atoms with Gasteiger partial charge in [-0.3, -0.25) is 9.69 Å². The van der Waals surface area contributed by atoms with Gasteiger partial charge in [0.05, 0.1) is 18.6 Å². The molecule has 1 saturated heterocycles. The van der Waals surface area contributed by atoms with E-state index >= 15 is 0 Å². The molecule has 1 aromatic heterocycles. The van der Waals surface area contributed by atoms with Crippen molar-refractivity contribution in [1.82, 2.24) is 9.80 Å². The van der Waals surface area contributed by atoms with Gasteiger partial charge in [-0.05, 0) is 54.6 Å². The maximum atomic E-state index is 13.5. The number of benzene rings is 2. The van der Waals surface area contributed by atoms with Crippen molar-refractivity contribution >= 4 is 17.2 Å². The number of carbonyl (C=O) groups is 1. The Kier molecular flexibility index (Phi) is 6.07. The van der Waals surface area contributed by atoms with Crippen molar-refractivity contribution in [3.63, 3.8) is 0 Å². The number of halogens is 1. The summed E-state index contributed by atoms with van der Waals surface area (Å²) in [6, 6.07) is 20.9. The summed E-state index contributed by atoms with van der Waals surface area (Å²) in [7, 11) is 1.97. The van der Waals surface area contributed by atoms with E-state index in [1.165, 1.54) is 17.0 Å². The van der Waals surface area contributed by atoms with E-state index in [2.05, 4.69) is 28.5 Å². The van der Waals surface area contributed by atoms with Crippen LogP contribution in [0.1, 0.15) is 40.9 Å². The van der Waals surface area contributed by atoms with Crippen LogP contribution in [0.2, 0.25) is 0 Å². The third kappa shape index (κ3) is 4.41. The third-order valence-corrected chi connectivity index (χ3v) is 6.54. The Labute approximate surface area is 175 Å². The molecule has 29 heavy (non-hydrogen) atoms. The van der Waals surface area contributed by atoms with Crippen molar-refractivity contribution in [1.29, 1.82) is 0 Å². The molecule has 0 aliphatic carbocycles. The number of hydrogen-bond donors (Lipinski definition) is 0. The predicted molar refractivity (Wildman–Crippen MR) is 115 cm³/mol. The van der Waals surface area contributed by atoms with E-state index < -0.39 is 0 Å². The molecule has 1 aliphatic rings. The fourth-order valence-corrected chi connectivity index (χ4v) is 5.09. The second-order valence-corrected chi connectivity index (χ2v) is 8.52. The van der Waals surface area contributed by atoms with Gasteiger partial charge in [0.1, 0.15) is 5.82 Å². The standard InChI is InChI=1S/C24H25FN2OS/c1-26(17-23(28)27-15-5-9-21(27)22-10-6-16-29-22)24(18-7-3-2-4-8-18)19-11-13-20(25)14-12-19/h2-4,6-8,10-14,16,21,24H,5,9,15,17H2,1H3/t21-,24+/m1/s1. The summed E-state index contributed by atoms with van der Waals surface area (Å²) in [6.07, 6.45) is 2.06. The number of thiophene rings is 1. The molecule has 5 heteroatoms. The zero-order valence-electron chi connectivity index (χ0n) is 16.5. The molecule has 2 aromatic carbocycles. The first-order valence-corrected chi connectivity index (χ1v) is 10.8. The molecule has 3 aromatic rings. The summed E-state index contributed by atoms with van der Waals surface area (Å²) in [5.74, 6) is -0.110. The molecule has 4 rings (SSSR count). The SMILES string of the molecule is CN(CC(=O)N1CCC[C@@H]1c1cccs1)[C@@H](c1ccccc1)c1ccc(F)cc1. The molecule has 1 fully saturated rings. The highest BCUT2D eigenvalue weighted by atomic mass is 32.1. The quantitative estimate of drug-likeness (QED) is 0.555. The highest BCUT2D eigenvalue weighted by Crippen LogP contribution is 2.35. The van der Waals surface area contributed by atoms with Crippen LogP contribution in [0, 0.1) is 5.82 Å². The fourth-order valence-electron chi connectivity index (χ4n) is 4.22. The van der Waals surface area contributed by atoms with Gasteiger partial charge in [-0.25, -0.2) is 4.39 Å². The summed E-state index contributed by atoms with van der Waals surface area (Å²) in [5, 5.41) is 2.07. The van der Waals surface area contributed by atoms with Gasteiger partial charge >= 0.3 is 0 Å². The molecule has 0 radical (unpaired) electrons. The summed E-state index contributed by atoms with van der Waals surface area (Å²) < 4.78 is 13.5. The van der Waals surface area contributed by atoms with Crippen LogP contribution in [-0.2, 0) is 4.79 Å². The highest BCUT2D eigenvalue weighted by Gasteiger charge is 2.32. The van der Waals surface area contributed by atoms with E-state index in [-0.39, 0.29) is 23.8 Å². The average Bonchev–Trinajstić information content (AvgIpc) is 3.42. The normalized spacial score (nSPS) is 17.6. The first-order valence-electron chi connectivity index (χ1n) is 9.97. The minimum absolute atomic E-state index is 0.108. The van der Waals surface area contributed by atoms with Gasteiger partial charge < -0.3 is 4.90 Å². The maximum absolute atomic E-state index is 13.5. The number of nitrogens with zero attached hydrogens (tertiary/aromatic N) is 2. The zero-order valence-corrected chi connectivity index (χ0v) is 17.3. The Hall–Kier alpha value is -2.50. The average molecular weight is 409 g/mol. The van der Waals surface area contributed by atoms with Gasteiger partial charge in [0.2, 0.25) is 5.91 Å². The van der Waals surface area contributed by atoms with Crippen LogP contribution in [0.25, 0.3) is 0 Å². The van der Waals surface area contributed by atoms with Crippen molar-refractivity contribution in [3.8, 4) is 0 Å². The van der Waals surface area contributed by atoms with Gasteiger partial charge in [0.25, 0.3) is 0 Å². The van der Waals surface area contributed by atoms with Crippen LogP contribution in [0.3, 0.4) is 0 Å². The molecule has 2 heterocycles. The first-order chi connectivity index (χ1) is 14.1. The summed E-state index contributed by atoms with van der Waals surface area (Å²) in [4.78, 5) is 18.6. The van der Waals surface area contributed by atoms with Crippen molar-refractivity contribution in [3.05, 3.63) is 93.9 Å². The first kappa shape index (κ1) is 19.8. The van der Waals surface area contributed by atoms with Crippen LogP contribution < -0.4 is 0 Å². The van der Waals surface area contributed by atoms with E-state index in [0.29, 0.717) is 6.54 Å². The van der Waals surface area contributed by atoms with E-state index in [4.69, 9.17) is 0 Å². The second-order valence-electron chi connectivity index (χ2n) is 7.54. The lowest BCUT2D eigenvalue weighted by Gasteiger charge is -2.31. The maximum Gasteiger partial charge on any atom is 0.237 e. The van der Waals surface area contributed by atoms with E-state index in [0.717, 1.165) is 30.5 Å². The van der Waals surface area contributed by atoms with Crippen LogP contribution >= 0.6 is 11.3 Å². The van der Waals surface area contributed by atoms with Crippen LogP contribution in [-0.4, -0.2) is 35.8 Å². The molecular weight excluding hydrogens is 383 g/mol.